The van der Waals surface area contributed by atoms with Crippen molar-refractivity contribution in [3.05, 3.63) is 10.1 Å². The molecule has 0 radical (unpaired) electrons. The molecule has 13 heteroatoms. The van der Waals surface area contributed by atoms with Crippen LogP contribution in [-0.4, -0.2) is 64.7 Å². The molecule has 6 N–H and O–H groups in total. The standard InChI is InChI=1S/C15H28N6O7/c1-14(2,3)28-12(24)15(4,11(23)27-5)20(21(25)26)10(22)9(16)7-6-8-19-13(17)18/h9H,6-8,16H2,1-5H3,(H4,17,18,19)/t9-,15-/m0/s1. The molecule has 0 spiro atoms. The number of guanidine groups is 1. The summed E-state index contributed by atoms with van der Waals surface area (Å²) in [5, 5.41) is 10.2. The predicted octanol–water partition coefficient (Wildman–Crippen LogP) is -1.34. The first-order valence-corrected chi connectivity index (χ1v) is 8.29. The first-order chi connectivity index (χ1) is 12.7. The number of carbonyl (C=O) groups is 3. The lowest BCUT2D eigenvalue weighted by Gasteiger charge is -2.32. The molecule has 0 heterocycles. The second kappa shape index (κ2) is 9.82. The van der Waals surface area contributed by atoms with Crippen LogP contribution in [0.15, 0.2) is 4.99 Å². The van der Waals surface area contributed by atoms with Gasteiger partial charge in [-0.1, -0.05) is 0 Å². The maximum atomic E-state index is 12.6. The number of aliphatic imine (C=N–C) groups is 1. The van der Waals surface area contributed by atoms with Gasteiger partial charge in [0.2, 0.25) is 0 Å². The number of rotatable bonds is 9. The van der Waals surface area contributed by atoms with Crippen molar-refractivity contribution in [3.8, 4) is 0 Å². The molecule has 0 saturated carbocycles. The summed E-state index contributed by atoms with van der Waals surface area (Å²) in [6.45, 7) is 5.49. The van der Waals surface area contributed by atoms with Gasteiger partial charge in [0.25, 0.3) is 5.54 Å². The lowest BCUT2D eigenvalue weighted by molar-refractivity contribution is -0.646. The molecule has 0 aromatic rings. The Morgan fingerprint density at radius 3 is 2.11 bits per heavy atom. The largest absolute Gasteiger partial charge is 0.467 e. The smallest absolute Gasteiger partial charge is 0.350 e. The molecule has 0 bridgehead atoms. The van der Waals surface area contributed by atoms with Gasteiger partial charge in [-0.05, 0) is 45.5 Å². The fraction of sp³-hybridized carbons (Fsp3) is 0.733. The Balaban J connectivity index is 5.79. The monoisotopic (exact) mass is 404 g/mol. The fourth-order valence-corrected chi connectivity index (χ4v) is 2.10. The van der Waals surface area contributed by atoms with Crippen LogP contribution in [0, 0.1) is 10.1 Å². The average Bonchev–Trinajstić information content (AvgIpc) is 2.55. The third-order valence-corrected chi connectivity index (χ3v) is 3.46. The van der Waals surface area contributed by atoms with Gasteiger partial charge in [0.1, 0.15) is 5.60 Å². The van der Waals surface area contributed by atoms with Crippen LogP contribution in [0.3, 0.4) is 0 Å². The second-order valence-electron chi connectivity index (χ2n) is 7.01. The van der Waals surface area contributed by atoms with Crippen molar-refractivity contribution in [2.24, 2.45) is 22.2 Å². The highest BCUT2D eigenvalue weighted by Gasteiger charge is 2.60. The van der Waals surface area contributed by atoms with E-state index < -0.39 is 40.1 Å². The van der Waals surface area contributed by atoms with Gasteiger partial charge in [0.15, 0.2) is 11.0 Å². The molecule has 0 aliphatic rings. The van der Waals surface area contributed by atoms with Crippen molar-refractivity contribution < 1.29 is 28.9 Å². The molecule has 0 unspecified atom stereocenters. The average molecular weight is 404 g/mol. The minimum atomic E-state index is -2.68. The predicted molar refractivity (Wildman–Crippen MR) is 98.0 cm³/mol. The van der Waals surface area contributed by atoms with Crippen molar-refractivity contribution in [2.45, 2.75) is 57.7 Å². The Kier molecular flexibility index (Phi) is 8.79. The topological polar surface area (TPSA) is 206 Å². The van der Waals surface area contributed by atoms with Crippen molar-refractivity contribution in [3.63, 3.8) is 0 Å². The number of hydrazine groups is 1. The molecule has 13 nitrogen and oxygen atoms in total. The number of esters is 2. The van der Waals surface area contributed by atoms with Gasteiger partial charge < -0.3 is 26.7 Å². The highest BCUT2D eigenvalue weighted by molar-refractivity contribution is 6.07. The summed E-state index contributed by atoms with van der Waals surface area (Å²) in [5.41, 5.74) is 12.3. The van der Waals surface area contributed by atoms with Crippen LogP contribution in [0.5, 0.6) is 0 Å². The first kappa shape index (κ1) is 25.0. The summed E-state index contributed by atoms with van der Waals surface area (Å²) < 4.78 is 9.60. The molecular formula is C15H28N6O7. The zero-order valence-electron chi connectivity index (χ0n) is 16.6. The van der Waals surface area contributed by atoms with E-state index in [0.29, 0.717) is 0 Å². The van der Waals surface area contributed by atoms with Crippen molar-refractivity contribution in [2.75, 3.05) is 13.7 Å². The maximum absolute atomic E-state index is 12.6. The van der Waals surface area contributed by atoms with Gasteiger partial charge in [-0.3, -0.25) is 9.79 Å². The molecule has 1 amide bonds. The summed E-state index contributed by atoms with van der Waals surface area (Å²) in [5.74, 6) is -4.10. The van der Waals surface area contributed by atoms with Gasteiger partial charge in [-0.25, -0.2) is 19.7 Å². The molecule has 0 aliphatic carbocycles. The van der Waals surface area contributed by atoms with E-state index in [-0.39, 0.29) is 30.4 Å². The van der Waals surface area contributed by atoms with E-state index in [4.69, 9.17) is 21.9 Å². The van der Waals surface area contributed by atoms with E-state index in [1.54, 1.807) is 0 Å². The number of hydrogen-bond donors (Lipinski definition) is 3. The minimum absolute atomic E-state index is 0.0362. The van der Waals surface area contributed by atoms with Crippen LogP contribution in [0.2, 0.25) is 0 Å². The molecule has 0 rings (SSSR count). The van der Waals surface area contributed by atoms with Crippen LogP contribution < -0.4 is 17.2 Å². The number of methoxy groups -OCH3 is 1. The van der Waals surface area contributed by atoms with E-state index in [1.807, 2.05) is 0 Å². The van der Waals surface area contributed by atoms with Gasteiger partial charge in [-0.2, -0.15) is 0 Å². The van der Waals surface area contributed by atoms with Crippen LogP contribution in [0.4, 0.5) is 0 Å². The van der Waals surface area contributed by atoms with Crippen LogP contribution in [0.25, 0.3) is 0 Å². The normalized spacial score (nSPS) is 14.2. The summed E-state index contributed by atoms with van der Waals surface area (Å²) in [7, 11) is 0.919. The molecule has 160 valence electrons. The van der Waals surface area contributed by atoms with Crippen LogP contribution >= 0.6 is 0 Å². The van der Waals surface area contributed by atoms with Gasteiger partial charge in [0, 0.05) is 6.54 Å². The van der Waals surface area contributed by atoms with Crippen LogP contribution in [-0.2, 0) is 23.9 Å². The lowest BCUT2D eigenvalue weighted by atomic mass is 9.99. The van der Waals surface area contributed by atoms with Crippen LogP contribution in [0.1, 0.15) is 40.5 Å². The number of nitrogens with two attached hydrogens (primary N) is 3. The summed E-state index contributed by atoms with van der Waals surface area (Å²) in [4.78, 5) is 52.7. The Morgan fingerprint density at radius 2 is 1.71 bits per heavy atom. The van der Waals surface area contributed by atoms with Gasteiger partial charge in [-0.15, -0.1) is 0 Å². The van der Waals surface area contributed by atoms with E-state index in [0.717, 1.165) is 14.0 Å². The highest BCUT2D eigenvalue weighted by Crippen LogP contribution is 2.24. The summed E-state index contributed by atoms with van der Waals surface area (Å²) >= 11 is 0. The number of amides is 1. The quantitative estimate of drug-likeness (QED) is 0.0783. The molecule has 2 atom stereocenters. The minimum Gasteiger partial charge on any atom is -0.467 e. The lowest BCUT2D eigenvalue weighted by Crippen LogP contribution is -2.66. The number of hydrogen-bond acceptors (Lipinski definition) is 9. The van der Waals surface area contributed by atoms with E-state index in [1.165, 1.54) is 20.8 Å². The Hall–Kier alpha value is -2.96. The number of carbonyl (C=O) groups excluding carboxylic acids is 3. The molecule has 0 aliphatic heterocycles. The molecule has 0 saturated heterocycles. The zero-order chi connectivity index (χ0) is 22.3. The van der Waals surface area contributed by atoms with E-state index in [2.05, 4.69) is 9.73 Å². The molecule has 0 aromatic heterocycles. The van der Waals surface area contributed by atoms with Gasteiger partial charge >= 0.3 is 17.8 Å². The molecular weight excluding hydrogens is 376 g/mol. The first-order valence-electron chi connectivity index (χ1n) is 8.29. The SMILES string of the molecule is COC(=O)[C@@](C)(C(=O)OC(C)(C)C)N(C(=O)[C@@H](N)CCCN=C(N)N)[N+](=O)[O-]. The third-order valence-electron chi connectivity index (χ3n) is 3.46. The molecule has 0 aromatic carbocycles. The van der Waals surface area contributed by atoms with E-state index >= 15 is 0 Å². The second-order valence-corrected chi connectivity index (χ2v) is 7.01. The number of ether oxygens (including phenoxy) is 2. The Labute approximate surface area is 162 Å². The summed E-state index contributed by atoms with van der Waals surface area (Å²) in [6.07, 6.45) is 0.198. The summed E-state index contributed by atoms with van der Waals surface area (Å²) in [6, 6.07) is -1.40. The number of nitro groups is 1. The molecule has 28 heavy (non-hydrogen) atoms. The maximum Gasteiger partial charge on any atom is 0.350 e. The van der Waals surface area contributed by atoms with Crippen molar-refractivity contribution in [1.82, 2.24) is 5.01 Å². The number of nitrogens with zero attached hydrogens (tertiary/aromatic N) is 3. The molecule has 0 fully saturated rings. The highest BCUT2D eigenvalue weighted by atomic mass is 16.7. The van der Waals surface area contributed by atoms with Gasteiger partial charge in [0.05, 0.1) is 13.2 Å². The fourth-order valence-electron chi connectivity index (χ4n) is 2.10. The van der Waals surface area contributed by atoms with E-state index in [9.17, 15) is 24.5 Å². The Bertz CT molecular complexity index is 641. The third kappa shape index (κ3) is 6.64. The Morgan fingerprint density at radius 1 is 1.18 bits per heavy atom. The van der Waals surface area contributed by atoms with Crippen molar-refractivity contribution >= 4 is 23.8 Å². The zero-order valence-corrected chi connectivity index (χ0v) is 16.6. The van der Waals surface area contributed by atoms with Crippen molar-refractivity contribution in [1.29, 1.82) is 0 Å².